The summed E-state index contributed by atoms with van der Waals surface area (Å²) >= 11 is 5.62. The number of hydrogen-bond donors (Lipinski definition) is 1. The van der Waals surface area contributed by atoms with E-state index in [-0.39, 0.29) is 21.7 Å². The monoisotopic (exact) mass is 214 g/mol. The van der Waals surface area contributed by atoms with E-state index in [0.29, 0.717) is 0 Å². The smallest absolute Gasteiger partial charge is 0.339 e. The van der Waals surface area contributed by atoms with Crippen LogP contribution in [0.15, 0.2) is 27.4 Å². The molecule has 1 heterocycles. The van der Waals surface area contributed by atoms with Crippen LogP contribution in [-0.2, 0) is 0 Å². The minimum Gasteiger partial charge on any atom is -0.507 e. The molecule has 0 radical (unpaired) electrons. The molecule has 2 aromatic rings. The van der Waals surface area contributed by atoms with Gasteiger partial charge in [-0.25, -0.2) is 9.18 Å². The van der Waals surface area contributed by atoms with Crippen LogP contribution in [0.25, 0.3) is 11.0 Å². The second-order valence-corrected chi connectivity index (χ2v) is 3.12. The first-order chi connectivity index (χ1) is 6.58. The van der Waals surface area contributed by atoms with E-state index in [9.17, 15) is 14.3 Å². The van der Waals surface area contributed by atoms with Crippen LogP contribution >= 0.6 is 11.6 Å². The molecule has 0 saturated heterocycles. The second-order valence-electron chi connectivity index (χ2n) is 2.71. The van der Waals surface area contributed by atoms with Crippen molar-refractivity contribution < 1.29 is 13.9 Å². The zero-order chi connectivity index (χ0) is 10.3. The predicted octanol–water partition coefficient (Wildman–Crippen LogP) is 2.29. The van der Waals surface area contributed by atoms with Gasteiger partial charge >= 0.3 is 5.63 Å². The highest BCUT2D eigenvalue weighted by atomic mass is 35.5. The van der Waals surface area contributed by atoms with Crippen molar-refractivity contribution in [2.24, 2.45) is 0 Å². The van der Waals surface area contributed by atoms with Crippen molar-refractivity contribution in [3.05, 3.63) is 39.5 Å². The van der Waals surface area contributed by atoms with Gasteiger partial charge in [-0.15, -0.1) is 0 Å². The van der Waals surface area contributed by atoms with Crippen LogP contribution in [0.4, 0.5) is 4.39 Å². The van der Waals surface area contributed by atoms with Crippen LogP contribution in [0, 0.1) is 5.82 Å². The molecular formula is C9H4ClFO3. The van der Waals surface area contributed by atoms with Crippen LogP contribution in [-0.4, -0.2) is 5.11 Å². The third kappa shape index (κ3) is 1.33. The van der Waals surface area contributed by atoms with Crippen molar-refractivity contribution in [2.45, 2.75) is 0 Å². The molecular weight excluding hydrogens is 211 g/mol. The summed E-state index contributed by atoms with van der Waals surface area (Å²) in [6.45, 7) is 0. The van der Waals surface area contributed by atoms with Gasteiger partial charge in [-0.05, 0) is 12.1 Å². The summed E-state index contributed by atoms with van der Waals surface area (Å²) < 4.78 is 17.6. The van der Waals surface area contributed by atoms with Gasteiger partial charge in [0.05, 0.1) is 16.5 Å². The maximum atomic E-state index is 12.9. The lowest BCUT2D eigenvalue weighted by Gasteiger charge is -2.00. The van der Waals surface area contributed by atoms with E-state index in [2.05, 4.69) is 0 Å². The molecule has 5 heteroatoms. The first kappa shape index (κ1) is 9.02. The molecule has 72 valence electrons. The van der Waals surface area contributed by atoms with Crippen LogP contribution in [0.5, 0.6) is 5.75 Å². The summed E-state index contributed by atoms with van der Waals surface area (Å²) in [5.74, 6) is -0.954. The number of halogens is 2. The van der Waals surface area contributed by atoms with Crippen molar-refractivity contribution >= 4 is 22.6 Å². The molecule has 0 amide bonds. The first-order valence-electron chi connectivity index (χ1n) is 3.70. The van der Waals surface area contributed by atoms with Gasteiger partial charge in [0.15, 0.2) is 5.58 Å². The van der Waals surface area contributed by atoms with E-state index in [1.807, 2.05) is 0 Å². The summed E-state index contributed by atoms with van der Waals surface area (Å²) in [5.41, 5.74) is -0.749. The van der Waals surface area contributed by atoms with E-state index in [1.165, 1.54) is 0 Å². The van der Waals surface area contributed by atoms with Crippen LogP contribution in [0.2, 0.25) is 5.02 Å². The molecule has 1 N–H and O–H groups in total. The lowest BCUT2D eigenvalue weighted by Crippen LogP contribution is -1.96. The topological polar surface area (TPSA) is 50.4 Å². The Kier molecular flexibility index (Phi) is 1.93. The highest BCUT2D eigenvalue weighted by molar-refractivity contribution is 6.34. The van der Waals surface area contributed by atoms with Gasteiger partial charge in [0.25, 0.3) is 0 Å². The molecule has 1 aromatic heterocycles. The normalized spacial score (nSPS) is 10.7. The van der Waals surface area contributed by atoms with Crippen molar-refractivity contribution in [1.29, 1.82) is 0 Å². The lowest BCUT2D eigenvalue weighted by atomic mass is 10.2. The van der Waals surface area contributed by atoms with Crippen LogP contribution in [0.3, 0.4) is 0 Å². The largest absolute Gasteiger partial charge is 0.507 e. The molecule has 0 aliphatic heterocycles. The third-order valence-electron chi connectivity index (χ3n) is 1.74. The summed E-state index contributed by atoms with van der Waals surface area (Å²) in [6, 6.07) is 2.91. The zero-order valence-electron chi connectivity index (χ0n) is 6.75. The molecule has 0 atom stereocenters. The molecule has 0 bridgehead atoms. The zero-order valence-corrected chi connectivity index (χ0v) is 7.51. The molecule has 0 saturated carbocycles. The molecule has 2 rings (SSSR count). The Hall–Kier alpha value is -1.55. The van der Waals surface area contributed by atoms with E-state index < -0.39 is 11.4 Å². The second kappa shape index (κ2) is 2.99. The molecule has 0 spiro atoms. The maximum absolute atomic E-state index is 12.9. The Morgan fingerprint density at radius 3 is 2.79 bits per heavy atom. The van der Waals surface area contributed by atoms with Gasteiger partial charge in [-0.1, -0.05) is 11.6 Å². The summed E-state index contributed by atoms with van der Waals surface area (Å²) in [6.07, 6.45) is 0. The van der Waals surface area contributed by atoms with E-state index >= 15 is 0 Å². The quantitative estimate of drug-likeness (QED) is 0.685. The van der Waals surface area contributed by atoms with Crippen molar-refractivity contribution in [3.8, 4) is 5.75 Å². The highest BCUT2D eigenvalue weighted by Gasteiger charge is 2.09. The SMILES string of the molecule is O=c1cc(O)c2cc(F)cc(Cl)c2o1. The average molecular weight is 215 g/mol. The van der Waals surface area contributed by atoms with Crippen molar-refractivity contribution in [2.75, 3.05) is 0 Å². The van der Waals surface area contributed by atoms with Gasteiger partial charge in [0.1, 0.15) is 11.6 Å². The fourth-order valence-corrected chi connectivity index (χ4v) is 1.42. The van der Waals surface area contributed by atoms with Gasteiger partial charge in [0, 0.05) is 0 Å². The average Bonchev–Trinajstić information content (AvgIpc) is 2.07. The Bertz CT molecular complexity index is 562. The minimum absolute atomic E-state index is 0.0157. The van der Waals surface area contributed by atoms with Crippen molar-refractivity contribution in [1.82, 2.24) is 0 Å². The number of fused-ring (bicyclic) bond motifs is 1. The minimum atomic E-state index is -0.733. The fourth-order valence-electron chi connectivity index (χ4n) is 1.17. The number of hydrogen-bond acceptors (Lipinski definition) is 3. The molecule has 0 fully saturated rings. The Balaban J connectivity index is 3.01. The van der Waals surface area contributed by atoms with Crippen LogP contribution < -0.4 is 5.63 Å². The van der Waals surface area contributed by atoms with E-state index in [4.69, 9.17) is 16.0 Å². The summed E-state index contributed by atoms with van der Waals surface area (Å²) in [5, 5.41) is 9.35. The molecule has 14 heavy (non-hydrogen) atoms. The number of benzene rings is 1. The fraction of sp³-hybridized carbons (Fsp3) is 0. The van der Waals surface area contributed by atoms with E-state index in [1.54, 1.807) is 0 Å². The van der Waals surface area contributed by atoms with E-state index in [0.717, 1.165) is 18.2 Å². The molecule has 0 aliphatic rings. The number of rotatable bonds is 0. The maximum Gasteiger partial charge on any atom is 0.339 e. The first-order valence-corrected chi connectivity index (χ1v) is 4.07. The van der Waals surface area contributed by atoms with Crippen molar-refractivity contribution in [3.63, 3.8) is 0 Å². The lowest BCUT2D eigenvalue weighted by molar-refractivity contribution is 0.467. The third-order valence-corrected chi connectivity index (χ3v) is 2.02. The Morgan fingerprint density at radius 2 is 2.07 bits per heavy atom. The molecule has 0 aliphatic carbocycles. The predicted molar refractivity (Wildman–Crippen MR) is 49.1 cm³/mol. The molecule has 3 nitrogen and oxygen atoms in total. The van der Waals surface area contributed by atoms with Crippen LogP contribution in [0.1, 0.15) is 0 Å². The van der Waals surface area contributed by atoms with Gasteiger partial charge in [0.2, 0.25) is 0 Å². The molecule has 1 aromatic carbocycles. The Morgan fingerprint density at radius 1 is 1.36 bits per heavy atom. The van der Waals surface area contributed by atoms with Gasteiger partial charge < -0.3 is 9.52 Å². The number of aromatic hydroxyl groups is 1. The standard InChI is InChI=1S/C9H4ClFO3/c10-6-2-4(11)1-5-7(12)3-8(13)14-9(5)6/h1-3,12H. The highest BCUT2D eigenvalue weighted by Crippen LogP contribution is 2.29. The van der Waals surface area contributed by atoms with Gasteiger partial charge in [-0.2, -0.15) is 0 Å². The Labute approximate surface area is 82.3 Å². The molecule has 0 unspecified atom stereocenters. The summed E-state index contributed by atoms with van der Waals surface area (Å²) in [4.78, 5) is 10.9. The summed E-state index contributed by atoms with van der Waals surface area (Å²) in [7, 11) is 0. The van der Waals surface area contributed by atoms with Gasteiger partial charge in [-0.3, -0.25) is 0 Å².